The largest absolute Gasteiger partial charge is 0.322 e. The molecule has 0 aliphatic heterocycles. The molecule has 0 saturated carbocycles. The SMILES string of the molecule is CCCC(C#N)NC(=O)Nc1ccc(F)cc1. The van der Waals surface area contributed by atoms with Crippen LogP contribution in [0.1, 0.15) is 19.8 Å². The van der Waals surface area contributed by atoms with E-state index in [2.05, 4.69) is 10.6 Å². The molecule has 0 aliphatic carbocycles. The monoisotopic (exact) mass is 235 g/mol. The quantitative estimate of drug-likeness (QED) is 0.842. The lowest BCUT2D eigenvalue weighted by Gasteiger charge is -2.11. The molecule has 0 spiro atoms. The summed E-state index contributed by atoms with van der Waals surface area (Å²) in [5.74, 6) is -0.364. The summed E-state index contributed by atoms with van der Waals surface area (Å²) in [5.41, 5.74) is 0.483. The number of hydrogen-bond acceptors (Lipinski definition) is 2. The molecule has 2 amide bonds. The Hall–Kier alpha value is -2.09. The topological polar surface area (TPSA) is 64.9 Å². The van der Waals surface area contributed by atoms with Crippen molar-refractivity contribution in [1.82, 2.24) is 5.32 Å². The average molecular weight is 235 g/mol. The number of hydrogen-bond donors (Lipinski definition) is 2. The van der Waals surface area contributed by atoms with Gasteiger partial charge in [0, 0.05) is 5.69 Å². The molecule has 0 saturated heterocycles. The number of urea groups is 1. The summed E-state index contributed by atoms with van der Waals surface area (Å²) in [4.78, 5) is 11.5. The van der Waals surface area contributed by atoms with Gasteiger partial charge in [0.05, 0.1) is 6.07 Å². The zero-order valence-electron chi connectivity index (χ0n) is 9.53. The normalized spacial score (nSPS) is 11.4. The Kier molecular flexibility index (Phi) is 4.95. The van der Waals surface area contributed by atoms with Crippen molar-refractivity contribution in [2.24, 2.45) is 0 Å². The van der Waals surface area contributed by atoms with Crippen molar-refractivity contribution in [3.05, 3.63) is 30.1 Å². The van der Waals surface area contributed by atoms with Crippen LogP contribution in [0.2, 0.25) is 0 Å². The number of halogens is 1. The van der Waals surface area contributed by atoms with Crippen molar-refractivity contribution in [3.63, 3.8) is 0 Å². The highest BCUT2D eigenvalue weighted by atomic mass is 19.1. The summed E-state index contributed by atoms with van der Waals surface area (Å²) in [6.07, 6.45) is 1.42. The van der Waals surface area contributed by atoms with Crippen LogP contribution in [-0.4, -0.2) is 12.1 Å². The van der Waals surface area contributed by atoms with Crippen LogP contribution in [0.4, 0.5) is 14.9 Å². The van der Waals surface area contributed by atoms with Gasteiger partial charge in [-0.1, -0.05) is 13.3 Å². The second kappa shape index (κ2) is 6.48. The first kappa shape index (κ1) is 13.0. The van der Waals surface area contributed by atoms with Gasteiger partial charge in [0.25, 0.3) is 0 Å². The Morgan fingerprint density at radius 1 is 1.47 bits per heavy atom. The molecule has 0 aliphatic rings. The number of carbonyl (C=O) groups excluding carboxylic acids is 1. The molecule has 0 heterocycles. The summed E-state index contributed by atoms with van der Waals surface area (Å²) in [6.45, 7) is 1.93. The number of carbonyl (C=O) groups is 1. The molecule has 0 bridgehead atoms. The third-order valence-electron chi connectivity index (χ3n) is 2.14. The second-order valence-electron chi connectivity index (χ2n) is 3.58. The Labute approximate surface area is 99.4 Å². The minimum Gasteiger partial charge on any atom is -0.322 e. The van der Waals surface area contributed by atoms with Crippen molar-refractivity contribution < 1.29 is 9.18 Å². The number of nitrogens with zero attached hydrogens (tertiary/aromatic N) is 1. The van der Waals surface area contributed by atoms with Gasteiger partial charge in [0.15, 0.2) is 0 Å². The van der Waals surface area contributed by atoms with E-state index in [1.165, 1.54) is 24.3 Å². The maximum Gasteiger partial charge on any atom is 0.320 e. The van der Waals surface area contributed by atoms with Gasteiger partial charge in [0.1, 0.15) is 11.9 Å². The van der Waals surface area contributed by atoms with Crippen LogP contribution in [0.25, 0.3) is 0 Å². The molecule has 0 radical (unpaired) electrons. The molecule has 1 atom stereocenters. The van der Waals surface area contributed by atoms with Gasteiger partial charge in [-0.05, 0) is 30.7 Å². The Bertz CT molecular complexity index is 411. The van der Waals surface area contributed by atoms with Gasteiger partial charge in [-0.3, -0.25) is 0 Å². The van der Waals surface area contributed by atoms with Crippen LogP contribution in [0.3, 0.4) is 0 Å². The van der Waals surface area contributed by atoms with Crippen LogP contribution in [-0.2, 0) is 0 Å². The van der Waals surface area contributed by atoms with E-state index in [-0.39, 0.29) is 5.82 Å². The average Bonchev–Trinajstić information content (AvgIpc) is 2.31. The van der Waals surface area contributed by atoms with Crippen molar-refractivity contribution >= 4 is 11.7 Å². The summed E-state index contributed by atoms with van der Waals surface area (Å²) in [5, 5.41) is 13.8. The minimum absolute atomic E-state index is 0.364. The molecular weight excluding hydrogens is 221 g/mol. The molecule has 0 fully saturated rings. The van der Waals surface area contributed by atoms with Gasteiger partial charge >= 0.3 is 6.03 Å². The molecule has 2 N–H and O–H groups in total. The van der Waals surface area contributed by atoms with Crippen molar-refractivity contribution in [3.8, 4) is 6.07 Å². The lowest BCUT2D eigenvalue weighted by molar-refractivity contribution is 0.250. The zero-order chi connectivity index (χ0) is 12.7. The van der Waals surface area contributed by atoms with E-state index in [1.807, 2.05) is 13.0 Å². The Morgan fingerprint density at radius 2 is 2.12 bits per heavy atom. The number of rotatable bonds is 4. The van der Waals surface area contributed by atoms with Gasteiger partial charge in [-0.25, -0.2) is 9.18 Å². The third kappa shape index (κ3) is 4.51. The molecule has 1 rings (SSSR count). The molecule has 5 heteroatoms. The van der Waals surface area contributed by atoms with Gasteiger partial charge < -0.3 is 10.6 Å². The highest BCUT2D eigenvalue weighted by Gasteiger charge is 2.09. The van der Waals surface area contributed by atoms with Crippen molar-refractivity contribution in [2.45, 2.75) is 25.8 Å². The van der Waals surface area contributed by atoms with Gasteiger partial charge in [-0.15, -0.1) is 0 Å². The highest BCUT2D eigenvalue weighted by molar-refractivity contribution is 5.89. The zero-order valence-corrected chi connectivity index (χ0v) is 9.53. The number of nitriles is 1. The molecule has 0 aromatic heterocycles. The third-order valence-corrected chi connectivity index (χ3v) is 2.14. The first-order chi connectivity index (χ1) is 8.15. The van der Waals surface area contributed by atoms with E-state index < -0.39 is 12.1 Å². The van der Waals surface area contributed by atoms with Crippen molar-refractivity contribution in [2.75, 3.05) is 5.32 Å². The van der Waals surface area contributed by atoms with E-state index in [1.54, 1.807) is 0 Å². The fourth-order valence-electron chi connectivity index (χ4n) is 1.32. The minimum atomic E-state index is -0.500. The molecule has 1 aromatic carbocycles. The predicted molar refractivity (Wildman–Crippen MR) is 62.9 cm³/mol. The van der Waals surface area contributed by atoms with E-state index in [9.17, 15) is 9.18 Å². The van der Waals surface area contributed by atoms with Gasteiger partial charge in [0.2, 0.25) is 0 Å². The number of anilines is 1. The number of amides is 2. The first-order valence-corrected chi connectivity index (χ1v) is 5.38. The highest BCUT2D eigenvalue weighted by Crippen LogP contribution is 2.08. The second-order valence-corrected chi connectivity index (χ2v) is 3.58. The Balaban J connectivity index is 2.49. The molecule has 17 heavy (non-hydrogen) atoms. The lowest BCUT2D eigenvalue weighted by Crippen LogP contribution is -2.36. The lowest BCUT2D eigenvalue weighted by atomic mass is 10.2. The van der Waals surface area contributed by atoms with E-state index in [0.717, 1.165) is 6.42 Å². The maximum absolute atomic E-state index is 12.6. The first-order valence-electron chi connectivity index (χ1n) is 5.38. The molecule has 1 unspecified atom stereocenters. The Morgan fingerprint density at radius 3 is 2.65 bits per heavy atom. The van der Waals surface area contributed by atoms with Crippen molar-refractivity contribution in [1.29, 1.82) is 5.26 Å². The summed E-state index contributed by atoms with van der Waals surface area (Å²) >= 11 is 0. The van der Waals surface area contributed by atoms with Crippen LogP contribution in [0.15, 0.2) is 24.3 Å². The fraction of sp³-hybridized carbons (Fsp3) is 0.333. The smallest absolute Gasteiger partial charge is 0.320 e. The summed E-state index contributed by atoms with van der Waals surface area (Å²) in [7, 11) is 0. The fourth-order valence-corrected chi connectivity index (χ4v) is 1.32. The molecule has 4 nitrogen and oxygen atoms in total. The van der Waals surface area contributed by atoms with Gasteiger partial charge in [-0.2, -0.15) is 5.26 Å². The molecular formula is C12H14FN3O. The van der Waals surface area contributed by atoms with Crippen LogP contribution in [0.5, 0.6) is 0 Å². The van der Waals surface area contributed by atoms with Crippen LogP contribution < -0.4 is 10.6 Å². The molecule has 1 aromatic rings. The van der Waals surface area contributed by atoms with E-state index in [0.29, 0.717) is 12.1 Å². The summed E-state index contributed by atoms with van der Waals surface area (Å²) in [6, 6.07) is 6.45. The summed E-state index contributed by atoms with van der Waals surface area (Å²) < 4.78 is 12.6. The number of nitrogens with one attached hydrogen (secondary N) is 2. The predicted octanol–water partition coefficient (Wildman–Crippen LogP) is 2.64. The maximum atomic E-state index is 12.6. The van der Waals surface area contributed by atoms with E-state index >= 15 is 0 Å². The van der Waals surface area contributed by atoms with E-state index in [4.69, 9.17) is 5.26 Å². The standard InChI is InChI=1S/C12H14FN3O/c1-2-3-11(8-14)16-12(17)15-10-6-4-9(13)5-7-10/h4-7,11H,2-3H2,1H3,(H2,15,16,17). The molecule has 90 valence electrons. The van der Waals surface area contributed by atoms with Crippen LogP contribution >= 0.6 is 0 Å². The van der Waals surface area contributed by atoms with Crippen LogP contribution in [0, 0.1) is 17.1 Å². The number of benzene rings is 1.